The predicted molar refractivity (Wildman–Crippen MR) is 51.7 cm³/mol. The SMILES string of the molecule is Cc1cccc(CP(=O)(O)O)c1C. The van der Waals surface area contributed by atoms with Gasteiger partial charge in [0.2, 0.25) is 0 Å². The lowest BCUT2D eigenvalue weighted by atomic mass is 10.1. The molecule has 0 aliphatic heterocycles. The Morgan fingerprint density at radius 1 is 1.31 bits per heavy atom. The van der Waals surface area contributed by atoms with Gasteiger partial charge in [0.1, 0.15) is 0 Å². The molecule has 0 unspecified atom stereocenters. The van der Waals surface area contributed by atoms with Gasteiger partial charge in [-0.25, -0.2) is 0 Å². The minimum atomic E-state index is -3.93. The van der Waals surface area contributed by atoms with Crippen molar-refractivity contribution in [2.75, 3.05) is 0 Å². The van der Waals surface area contributed by atoms with Crippen molar-refractivity contribution in [3.05, 3.63) is 34.9 Å². The molecule has 72 valence electrons. The van der Waals surface area contributed by atoms with Crippen molar-refractivity contribution in [1.29, 1.82) is 0 Å². The third-order valence-corrected chi connectivity index (χ3v) is 2.85. The fourth-order valence-electron chi connectivity index (χ4n) is 1.21. The first kappa shape index (κ1) is 10.5. The molecule has 13 heavy (non-hydrogen) atoms. The van der Waals surface area contributed by atoms with Crippen molar-refractivity contribution >= 4 is 7.60 Å². The van der Waals surface area contributed by atoms with Gasteiger partial charge < -0.3 is 9.79 Å². The van der Waals surface area contributed by atoms with E-state index in [0.29, 0.717) is 0 Å². The molecule has 0 fully saturated rings. The summed E-state index contributed by atoms with van der Waals surface area (Å²) in [6.07, 6.45) is -0.166. The van der Waals surface area contributed by atoms with Crippen LogP contribution in [0.25, 0.3) is 0 Å². The smallest absolute Gasteiger partial charge is 0.324 e. The van der Waals surface area contributed by atoms with Gasteiger partial charge in [-0.1, -0.05) is 18.2 Å². The number of hydrogen-bond donors (Lipinski definition) is 2. The van der Waals surface area contributed by atoms with Gasteiger partial charge in [0.15, 0.2) is 0 Å². The van der Waals surface area contributed by atoms with Gasteiger partial charge in [0.25, 0.3) is 0 Å². The average Bonchev–Trinajstić information content (AvgIpc) is 1.96. The van der Waals surface area contributed by atoms with Gasteiger partial charge in [0, 0.05) is 0 Å². The number of aryl methyl sites for hydroxylation is 1. The van der Waals surface area contributed by atoms with Crippen LogP contribution in [0.1, 0.15) is 16.7 Å². The lowest BCUT2D eigenvalue weighted by Gasteiger charge is -2.09. The molecule has 0 aliphatic rings. The Hall–Kier alpha value is -0.630. The first-order valence-electron chi connectivity index (χ1n) is 4.00. The maximum absolute atomic E-state index is 10.8. The van der Waals surface area contributed by atoms with Crippen LogP contribution in [-0.4, -0.2) is 9.79 Å². The minimum Gasteiger partial charge on any atom is -0.324 e. The van der Waals surface area contributed by atoms with E-state index in [4.69, 9.17) is 9.79 Å². The van der Waals surface area contributed by atoms with Crippen LogP contribution in [0.15, 0.2) is 18.2 Å². The molecule has 1 aromatic carbocycles. The van der Waals surface area contributed by atoms with E-state index in [0.717, 1.165) is 16.7 Å². The van der Waals surface area contributed by atoms with Crippen LogP contribution in [0, 0.1) is 13.8 Å². The summed E-state index contributed by atoms with van der Waals surface area (Å²) in [5, 5.41) is 0. The number of benzene rings is 1. The zero-order valence-electron chi connectivity index (χ0n) is 7.69. The Morgan fingerprint density at radius 2 is 1.92 bits per heavy atom. The standard InChI is InChI=1S/C9H13O3P/c1-7-4-3-5-9(8(7)2)6-13(10,11)12/h3-5H,6H2,1-2H3,(H2,10,11,12). The van der Waals surface area contributed by atoms with Gasteiger partial charge in [-0.3, -0.25) is 4.57 Å². The Labute approximate surface area is 77.6 Å². The maximum Gasteiger partial charge on any atom is 0.329 e. The van der Waals surface area contributed by atoms with E-state index in [1.54, 1.807) is 6.07 Å². The quantitative estimate of drug-likeness (QED) is 0.717. The molecule has 3 nitrogen and oxygen atoms in total. The Bertz CT molecular complexity index is 354. The van der Waals surface area contributed by atoms with Crippen LogP contribution in [0.5, 0.6) is 0 Å². The van der Waals surface area contributed by atoms with Crippen molar-refractivity contribution in [2.45, 2.75) is 20.0 Å². The van der Waals surface area contributed by atoms with Crippen molar-refractivity contribution in [1.82, 2.24) is 0 Å². The predicted octanol–water partition coefficient (Wildman–Crippen LogP) is 1.98. The zero-order valence-corrected chi connectivity index (χ0v) is 8.58. The topological polar surface area (TPSA) is 57.5 Å². The van der Waals surface area contributed by atoms with E-state index in [1.165, 1.54) is 0 Å². The molecule has 4 heteroatoms. The first-order valence-corrected chi connectivity index (χ1v) is 5.79. The Balaban J connectivity index is 3.03. The van der Waals surface area contributed by atoms with Crippen LogP contribution in [0.4, 0.5) is 0 Å². The molecule has 0 amide bonds. The highest BCUT2D eigenvalue weighted by atomic mass is 31.2. The molecule has 1 aromatic rings. The third-order valence-electron chi connectivity index (χ3n) is 2.09. The van der Waals surface area contributed by atoms with Gasteiger partial charge in [-0.05, 0) is 30.5 Å². The maximum atomic E-state index is 10.8. The summed E-state index contributed by atoms with van der Waals surface area (Å²) >= 11 is 0. The molecule has 0 saturated carbocycles. The van der Waals surface area contributed by atoms with Gasteiger partial charge >= 0.3 is 7.60 Å². The Morgan fingerprint density at radius 3 is 2.46 bits per heavy atom. The molecule has 0 aliphatic carbocycles. The third kappa shape index (κ3) is 2.96. The second-order valence-corrected chi connectivity index (χ2v) is 4.83. The summed E-state index contributed by atoms with van der Waals surface area (Å²) in [6, 6.07) is 5.49. The molecule has 0 heterocycles. The first-order chi connectivity index (χ1) is 5.90. The van der Waals surface area contributed by atoms with Crippen LogP contribution in [0.2, 0.25) is 0 Å². The summed E-state index contributed by atoms with van der Waals surface area (Å²) in [5.74, 6) is 0. The molecular weight excluding hydrogens is 187 g/mol. The van der Waals surface area contributed by atoms with Crippen molar-refractivity contribution < 1.29 is 14.4 Å². The highest BCUT2D eigenvalue weighted by molar-refractivity contribution is 7.50. The lowest BCUT2D eigenvalue weighted by Crippen LogP contribution is -1.92. The molecule has 1 rings (SSSR count). The van der Waals surface area contributed by atoms with Crippen LogP contribution < -0.4 is 0 Å². The molecular formula is C9H13O3P. The molecule has 0 saturated heterocycles. The molecule has 0 atom stereocenters. The van der Waals surface area contributed by atoms with E-state index in [9.17, 15) is 4.57 Å². The molecule has 0 bridgehead atoms. The van der Waals surface area contributed by atoms with Gasteiger partial charge in [-0.15, -0.1) is 0 Å². The fourth-order valence-corrected chi connectivity index (χ4v) is 1.99. The monoisotopic (exact) mass is 200 g/mol. The van der Waals surface area contributed by atoms with E-state index >= 15 is 0 Å². The largest absolute Gasteiger partial charge is 0.329 e. The number of rotatable bonds is 2. The van der Waals surface area contributed by atoms with Crippen LogP contribution in [-0.2, 0) is 10.7 Å². The Kier molecular flexibility index (Phi) is 2.91. The van der Waals surface area contributed by atoms with Crippen molar-refractivity contribution in [2.24, 2.45) is 0 Å². The summed E-state index contributed by atoms with van der Waals surface area (Å²) in [4.78, 5) is 17.6. The van der Waals surface area contributed by atoms with Crippen LogP contribution >= 0.6 is 7.60 Å². The summed E-state index contributed by atoms with van der Waals surface area (Å²) in [5.41, 5.74) is 2.75. The van der Waals surface area contributed by atoms with Crippen LogP contribution in [0.3, 0.4) is 0 Å². The van der Waals surface area contributed by atoms with Gasteiger partial charge in [0.05, 0.1) is 6.16 Å². The van der Waals surface area contributed by atoms with Gasteiger partial charge in [-0.2, -0.15) is 0 Å². The lowest BCUT2D eigenvalue weighted by molar-refractivity contribution is 0.371. The van der Waals surface area contributed by atoms with Crippen molar-refractivity contribution in [3.8, 4) is 0 Å². The minimum absolute atomic E-state index is 0.166. The molecule has 2 N–H and O–H groups in total. The summed E-state index contributed by atoms with van der Waals surface area (Å²) < 4.78 is 10.8. The molecule has 0 radical (unpaired) electrons. The van der Waals surface area contributed by atoms with Crippen molar-refractivity contribution in [3.63, 3.8) is 0 Å². The highest BCUT2D eigenvalue weighted by Gasteiger charge is 2.15. The van der Waals surface area contributed by atoms with E-state index in [-0.39, 0.29) is 6.16 Å². The average molecular weight is 200 g/mol. The molecule has 0 spiro atoms. The fraction of sp³-hybridized carbons (Fsp3) is 0.333. The normalized spacial score (nSPS) is 11.7. The highest BCUT2D eigenvalue weighted by Crippen LogP contribution is 2.40. The van der Waals surface area contributed by atoms with E-state index < -0.39 is 7.60 Å². The second-order valence-electron chi connectivity index (χ2n) is 3.18. The van der Waals surface area contributed by atoms with E-state index in [1.807, 2.05) is 26.0 Å². The second kappa shape index (κ2) is 3.62. The molecule has 0 aromatic heterocycles. The summed E-state index contributed by atoms with van der Waals surface area (Å²) in [7, 11) is -3.93. The number of hydrogen-bond acceptors (Lipinski definition) is 1. The van der Waals surface area contributed by atoms with E-state index in [2.05, 4.69) is 0 Å². The zero-order chi connectivity index (χ0) is 10.1. The summed E-state index contributed by atoms with van der Waals surface area (Å²) in [6.45, 7) is 3.80.